The molecule has 0 bridgehead atoms. The van der Waals surface area contributed by atoms with E-state index in [-0.39, 0.29) is 18.0 Å². The van der Waals surface area contributed by atoms with Crippen LogP contribution in [0.2, 0.25) is 0 Å². The van der Waals surface area contributed by atoms with Crippen LogP contribution in [-0.2, 0) is 11.3 Å². The van der Waals surface area contributed by atoms with Crippen molar-refractivity contribution < 1.29 is 4.79 Å². The third kappa shape index (κ3) is 1.89. The zero-order chi connectivity index (χ0) is 12.6. The molecular formula is C13H19N3O. The van der Waals surface area contributed by atoms with Crippen LogP contribution in [0, 0.1) is 0 Å². The summed E-state index contributed by atoms with van der Waals surface area (Å²) in [6.07, 6.45) is 0. The highest BCUT2D eigenvalue weighted by Crippen LogP contribution is 2.35. The lowest BCUT2D eigenvalue weighted by atomic mass is 10.0. The van der Waals surface area contributed by atoms with Crippen molar-refractivity contribution in [3.05, 3.63) is 23.8 Å². The Kier molecular flexibility index (Phi) is 3.07. The number of fused-ring (bicyclic) bond motifs is 1. The maximum atomic E-state index is 12.2. The Morgan fingerprint density at radius 1 is 1.47 bits per heavy atom. The van der Waals surface area contributed by atoms with Crippen LogP contribution in [0.4, 0.5) is 11.4 Å². The molecule has 1 aromatic carbocycles. The minimum absolute atomic E-state index is 0.105. The predicted molar refractivity (Wildman–Crippen MR) is 70.0 cm³/mol. The molecule has 1 aromatic rings. The molecule has 1 heterocycles. The first-order valence-electron chi connectivity index (χ1n) is 5.97. The molecular weight excluding hydrogens is 214 g/mol. The Hall–Kier alpha value is -1.55. The topological polar surface area (TPSA) is 58.4 Å². The van der Waals surface area contributed by atoms with Crippen molar-refractivity contribution in [3.63, 3.8) is 0 Å². The van der Waals surface area contributed by atoms with Crippen molar-refractivity contribution >= 4 is 17.3 Å². The first-order chi connectivity index (χ1) is 8.06. The summed E-state index contributed by atoms with van der Waals surface area (Å²) in [5.74, 6) is 0.105. The van der Waals surface area contributed by atoms with Crippen LogP contribution in [0.1, 0.15) is 26.3 Å². The maximum Gasteiger partial charge on any atom is 0.249 e. The standard InChI is InChI=1S/C13H19N3O/c1-8(2)16-12-10(7-14)5-4-6-11(12)15-9(3)13(16)17/h4-6,8-9,15H,7,14H2,1-3H3. The molecule has 1 aliphatic heterocycles. The fraction of sp³-hybridized carbons (Fsp3) is 0.462. The minimum Gasteiger partial charge on any atom is -0.372 e. The molecule has 1 aliphatic rings. The molecule has 3 N–H and O–H groups in total. The number of rotatable bonds is 2. The van der Waals surface area contributed by atoms with Gasteiger partial charge in [0.15, 0.2) is 0 Å². The quantitative estimate of drug-likeness (QED) is 0.817. The molecule has 2 rings (SSSR count). The van der Waals surface area contributed by atoms with Gasteiger partial charge in [-0.1, -0.05) is 12.1 Å². The number of benzene rings is 1. The molecule has 0 spiro atoms. The van der Waals surface area contributed by atoms with Crippen molar-refractivity contribution in [2.24, 2.45) is 5.73 Å². The van der Waals surface area contributed by atoms with E-state index in [2.05, 4.69) is 5.32 Å². The minimum atomic E-state index is -0.182. The summed E-state index contributed by atoms with van der Waals surface area (Å²) in [5, 5.41) is 3.22. The molecule has 0 aromatic heterocycles. The van der Waals surface area contributed by atoms with Crippen LogP contribution in [0.3, 0.4) is 0 Å². The molecule has 0 aliphatic carbocycles. The molecule has 0 fully saturated rings. The second-order valence-corrected chi connectivity index (χ2v) is 4.69. The van der Waals surface area contributed by atoms with Gasteiger partial charge in [0.2, 0.25) is 5.91 Å². The molecule has 4 heteroatoms. The molecule has 1 unspecified atom stereocenters. The van der Waals surface area contributed by atoms with Crippen molar-refractivity contribution in [2.45, 2.75) is 39.4 Å². The zero-order valence-corrected chi connectivity index (χ0v) is 10.5. The fourth-order valence-electron chi connectivity index (χ4n) is 2.28. The van der Waals surface area contributed by atoms with Gasteiger partial charge in [-0.2, -0.15) is 0 Å². The SMILES string of the molecule is CC1Nc2cccc(CN)c2N(C(C)C)C1=O. The number of anilines is 2. The number of carbonyl (C=O) groups is 1. The average Bonchev–Trinajstić information content (AvgIpc) is 2.29. The van der Waals surface area contributed by atoms with Gasteiger partial charge in [-0.05, 0) is 32.4 Å². The van der Waals surface area contributed by atoms with E-state index in [1.165, 1.54) is 0 Å². The first kappa shape index (κ1) is 11.9. The normalized spacial score (nSPS) is 19.2. The monoisotopic (exact) mass is 233 g/mol. The van der Waals surface area contributed by atoms with Crippen molar-refractivity contribution in [1.82, 2.24) is 0 Å². The van der Waals surface area contributed by atoms with E-state index in [0.717, 1.165) is 16.9 Å². The predicted octanol–water partition coefficient (Wildman–Crippen LogP) is 1.70. The van der Waals surface area contributed by atoms with E-state index in [0.29, 0.717) is 6.54 Å². The lowest BCUT2D eigenvalue weighted by Gasteiger charge is -2.37. The Morgan fingerprint density at radius 2 is 2.18 bits per heavy atom. The van der Waals surface area contributed by atoms with Crippen molar-refractivity contribution in [2.75, 3.05) is 10.2 Å². The van der Waals surface area contributed by atoms with Gasteiger partial charge in [-0.15, -0.1) is 0 Å². The summed E-state index contributed by atoms with van der Waals surface area (Å²) in [6.45, 7) is 6.37. The third-order valence-corrected chi connectivity index (χ3v) is 3.08. The number of nitrogens with one attached hydrogen (secondary N) is 1. The highest BCUT2D eigenvalue weighted by Gasteiger charge is 2.32. The number of carbonyl (C=O) groups excluding carboxylic acids is 1. The van der Waals surface area contributed by atoms with Crippen LogP contribution in [0.15, 0.2) is 18.2 Å². The van der Waals surface area contributed by atoms with Gasteiger partial charge < -0.3 is 16.0 Å². The first-order valence-corrected chi connectivity index (χ1v) is 5.97. The van der Waals surface area contributed by atoms with Crippen molar-refractivity contribution in [1.29, 1.82) is 0 Å². The lowest BCUT2D eigenvalue weighted by molar-refractivity contribution is -0.119. The van der Waals surface area contributed by atoms with Gasteiger partial charge in [-0.3, -0.25) is 4.79 Å². The molecule has 0 radical (unpaired) electrons. The largest absolute Gasteiger partial charge is 0.372 e. The van der Waals surface area contributed by atoms with E-state index < -0.39 is 0 Å². The number of nitrogens with two attached hydrogens (primary N) is 1. The Balaban J connectivity index is 2.59. The summed E-state index contributed by atoms with van der Waals surface area (Å²) in [5.41, 5.74) is 8.69. The number of para-hydroxylation sites is 1. The molecule has 17 heavy (non-hydrogen) atoms. The van der Waals surface area contributed by atoms with Crippen LogP contribution in [0.5, 0.6) is 0 Å². The zero-order valence-electron chi connectivity index (χ0n) is 10.5. The number of amides is 1. The molecule has 92 valence electrons. The van der Waals surface area contributed by atoms with Crippen molar-refractivity contribution in [3.8, 4) is 0 Å². The van der Waals surface area contributed by atoms with Crippen LogP contribution >= 0.6 is 0 Å². The summed E-state index contributed by atoms with van der Waals surface area (Å²) in [4.78, 5) is 14.1. The lowest BCUT2D eigenvalue weighted by Crippen LogP contribution is -2.49. The summed E-state index contributed by atoms with van der Waals surface area (Å²) in [7, 11) is 0. The second kappa shape index (κ2) is 4.37. The highest BCUT2D eigenvalue weighted by atomic mass is 16.2. The molecule has 0 saturated heterocycles. The molecule has 1 amide bonds. The van der Waals surface area contributed by atoms with Gasteiger partial charge in [0.1, 0.15) is 6.04 Å². The van der Waals surface area contributed by atoms with Gasteiger partial charge >= 0.3 is 0 Å². The average molecular weight is 233 g/mol. The number of nitrogens with zero attached hydrogens (tertiary/aromatic N) is 1. The fourth-order valence-corrected chi connectivity index (χ4v) is 2.28. The van der Waals surface area contributed by atoms with Gasteiger partial charge in [0.05, 0.1) is 11.4 Å². The second-order valence-electron chi connectivity index (χ2n) is 4.69. The summed E-state index contributed by atoms with van der Waals surface area (Å²) in [6, 6.07) is 5.89. The van der Waals surface area contributed by atoms with Crippen LogP contribution in [0.25, 0.3) is 0 Å². The summed E-state index contributed by atoms with van der Waals surface area (Å²) < 4.78 is 0. The van der Waals surface area contributed by atoms with Gasteiger partial charge in [0, 0.05) is 12.6 Å². The van der Waals surface area contributed by atoms with E-state index in [1.807, 2.05) is 43.9 Å². The number of hydrogen-bond donors (Lipinski definition) is 2. The van der Waals surface area contributed by atoms with E-state index in [1.54, 1.807) is 0 Å². The Labute approximate surface area is 102 Å². The third-order valence-electron chi connectivity index (χ3n) is 3.08. The van der Waals surface area contributed by atoms with E-state index in [4.69, 9.17) is 5.73 Å². The molecule has 0 saturated carbocycles. The van der Waals surface area contributed by atoms with Crippen LogP contribution in [-0.4, -0.2) is 18.0 Å². The summed E-state index contributed by atoms with van der Waals surface area (Å²) >= 11 is 0. The highest BCUT2D eigenvalue weighted by molar-refractivity contribution is 6.05. The Bertz CT molecular complexity index is 442. The number of hydrogen-bond acceptors (Lipinski definition) is 3. The molecule has 1 atom stereocenters. The maximum absolute atomic E-state index is 12.2. The molecule has 4 nitrogen and oxygen atoms in total. The Morgan fingerprint density at radius 3 is 2.76 bits per heavy atom. The van der Waals surface area contributed by atoms with Crippen LogP contribution < -0.4 is 16.0 Å². The van der Waals surface area contributed by atoms with Gasteiger partial charge in [0.25, 0.3) is 0 Å². The van der Waals surface area contributed by atoms with E-state index >= 15 is 0 Å². The van der Waals surface area contributed by atoms with E-state index in [9.17, 15) is 4.79 Å². The van der Waals surface area contributed by atoms with Gasteiger partial charge in [-0.25, -0.2) is 0 Å². The smallest absolute Gasteiger partial charge is 0.249 e.